The van der Waals surface area contributed by atoms with Crippen LogP contribution in [0.15, 0.2) is 54.9 Å². The normalized spacial score (nSPS) is 11.1. The number of fused-ring (bicyclic) bond motifs is 1. The van der Waals surface area contributed by atoms with Crippen LogP contribution in [0.2, 0.25) is 0 Å². The Labute approximate surface area is 139 Å². The van der Waals surface area contributed by atoms with Crippen molar-refractivity contribution in [1.29, 1.82) is 0 Å². The minimum atomic E-state index is 0.794. The fraction of sp³-hybridized carbons (Fsp3) is 0.167. The number of nitrogens with one attached hydrogen (secondary N) is 1. The van der Waals surface area contributed by atoms with E-state index in [1.54, 1.807) is 6.20 Å². The summed E-state index contributed by atoms with van der Waals surface area (Å²) >= 11 is 0. The number of hydrogen-bond donors (Lipinski definition) is 1. The lowest BCUT2D eigenvalue weighted by Crippen LogP contribution is -2.18. The Hall–Kier alpha value is -3.15. The number of benzene rings is 1. The Bertz CT molecular complexity index is 956. The molecule has 0 radical (unpaired) electrons. The molecule has 0 saturated carbocycles. The maximum absolute atomic E-state index is 4.76. The van der Waals surface area contributed by atoms with Gasteiger partial charge in [-0.15, -0.1) is 0 Å². The number of H-pyrrole nitrogens is 1. The summed E-state index contributed by atoms with van der Waals surface area (Å²) in [5.74, 6) is 0.905. The van der Waals surface area contributed by atoms with Gasteiger partial charge in [0.15, 0.2) is 5.65 Å². The van der Waals surface area contributed by atoms with E-state index < -0.39 is 0 Å². The number of rotatable bonds is 4. The molecule has 120 valence electrons. The van der Waals surface area contributed by atoms with Gasteiger partial charge in [0.05, 0.1) is 17.6 Å². The molecule has 0 amide bonds. The first-order valence-electron chi connectivity index (χ1n) is 7.82. The maximum atomic E-state index is 4.76. The number of aromatic nitrogens is 5. The van der Waals surface area contributed by atoms with Crippen molar-refractivity contribution >= 4 is 11.5 Å². The van der Waals surface area contributed by atoms with Crippen LogP contribution < -0.4 is 4.90 Å². The predicted octanol–water partition coefficient (Wildman–Crippen LogP) is 3.06. The lowest BCUT2D eigenvalue weighted by molar-refractivity contribution is 0.876. The van der Waals surface area contributed by atoms with Gasteiger partial charge >= 0.3 is 0 Å². The Morgan fingerprint density at radius 2 is 2.00 bits per heavy atom. The van der Waals surface area contributed by atoms with Crippen LogP contribution in [0.3, 0.4) is 0 Å². The zero-order chi connectivity index (χ0) is 16.5. The molecule has 24 heavy (non-hydrogen) atoms. The standard InChI is InChI=1S/C18H18N6/c1-13-8-18-21-17(23(2)12-14-6-4-3-5-7-14)9-16(24(18)22-13)15-10-19-20-11-15/h3-11H,12H2,1-2H3,(H,19,20). The number of hydrogen-bond acceptors (Lipinski definition) is 4. The molecule has 0 saturated heterocycles. The summed E-state index contributed by atoms with van der Waals surface area (Å²) in [5.41, 5.74) is 4.98. The quantitative estimate of drug-likeness (QED) is 0.628. The van der Waals surface area contributed by atoms with Gasteiger partial charge in [0, 0.05) is 37.5 Å². The van der Waals surface area contributed by atoms with E-state index in [9.17, 15) is 0 Å². The maximum Gasteiger partial charge on any atom is 0.158 e. The van der Waals surface area contributed by atoms with Gasteiger partial charge in [-0.3, -0.25) is 5.10 Å². The van der Waals surface area contributed by atoms with Gasteiger partial charge in [-0.2, -0.15) is 10.2 Å². The highest BCUT2D eigenvalue weighted by molar-refractivity contribution is 5.66. The molecule has 3 aromatic heterocycles. The largest absolute Gasteiger partial charge is 0.355 e. The Kier molecular flexibility index (Phi) is 3.49. The fourth-order valence-corrected chi connectivity index (χ4v) is 2.81. The Morgan fingerprint density at radius 1 is 1.17 bits per heavy atom. The van der Waals surface area contributed by atoms with Crippen LogP contribution in [0.1, 0.15) is 11.3 Å². The SMILES string of the molecule is Cc1cc2nc(N(C)Cc3ccccc3)cc(-c3cn[nH]c3)n2n1. The average molecular weight is 318 g/mol. The van der Waals surface area contributed by atoms with Gasteiger partial charge in [0.1, 0.15) is 5.82 Å². The van der Waals surface area contributed by atoms with E-state index in [0.717, 1.165) is 35.0 Å². The van der Waals surface area contributed by atoms with Crippen molar-refractivity contribution in [3.8, 4) is 11.3 Å². The lowest BCUT2D eigenvalue weighted by Gasteiger charge is -2.19. The van der Waals surface area contributed by atoms with Crippen molar-refractivity contribution in [3.05, 3.63) is 66.1 Å². The molecular formula is C18H18N6. The lowest BCUT2D eigenvalue weighted by atomic mass is 10.2. The van der Waals surface area contributed by atoms with Gasteiger partial charge in [-0.25, -0.2) is 9.50 Å². The molecule has 4 aromatic rings. The monoisotopic (exact) mass is 318 g/mol. The first-order valence-corrected chi connectivity index (χ1v) is 7.82. The molecule has 0 aliphatic carbocycles. The summed E-state index contributed by atoms with van der Waals surface area (Å²) in [6, 6.07) is 14.4. The summed E-state index contributed by atoms with van der Waals surface area (Å²) in [6.07, 6.45) is 3.67. The smallest absolute Gasteiger partial charge is 0.158 e. The second kappa shape index (κ2) is 5.81. The number of aromatic amines is 1. The minimum Gasteiger partial charge on any atom is -0.355 e. The molecule has 0 aliphatic rings. The summed E-state index contributed by atoms with van der Waals surface area (Å²) in [6.45, 7) is 2.77. The molecule has 1 aromatic carbocycles. The Morgan fingerprint density at radius 3 is 2.75 bits per heavy atom. The zero-order valence-electron chi connectivity index (χ0n) is 13.6. The second-order valence-electron chi connectivity index (χ2n) is 5.88. The van der Waals surface area contributed by atoms with Crippen LogP contribution in [0.25, 0.3) is 16.9 Å². The zero-order valence-corrected chi connectivity index (χ0v) is 13.6. The van der Waals surface area contributed by atoms with E-state index in [-0.39, 0.29) is 0 Å². The third-order valence-corrected chi connectivity index (χ3v) is 3.98. The Balaban J connectivity index is 1.78. The number of nitrogens with zero attached hydrogens (tertiary/aromatic N) is 5. The van der Waals surface area contributed by atoms with Crippen LogP contribution >= 0.6 is 0 Å². The molecule has 3 heterocycles. The highest BCUT2D eigenvalue weighted by Crippen LogP contribution is 2.24. The molecule has 6 heteroatoms. The number of anilines is 1. The van der Waals surface area contributed by atoms with Crippen molar-refractivity contribution in [3.63, 3.8) is 0 Å². The molecule has 4 rings (SSSR count). The summed E-state index contributed by atoms with van der Waals surface area (Å²) in [7, 11) is 2.05. The van der Waals surface area contributed by atoms with Crippen LogP contribution in [0, 0.1) is 6.92 Å². The van der Waals surface area contributed by atoms with E-state index in [1.807, 2.05) is 42.9 Å². The molecule has 0 spiro atoms. The van der Waals surface area contributed by atoms with Crippen LogP contribution in [-0.2, 0) is 6.54 Å². The van der Waals surface area contributed by atoms with E-state index in [4.69, 9.17) is 4.98 Å². The van der Waals surface area contributed by atoms with E-state index in [2.05, 4.69) is 44.5 Å². The van der Waals surface area contributed by atoms with Crippen LogP contribution in [0.5, 0.6) is 0 Å². The third-order valence-electron chi connectivity index (χ3n) is 3.98. The fourth-order valence-electron chi connectivity index (χ4n) is 2.81. The predicted molar refractivity (Wildman–Crippen MR) is 93.9 cm³/mol. The first-order chi connectivity index (χ1) is 11.7. The molecule has 0 unspecified atom stereocenters. The number of aryl methyl sites for hydroxylation is 1. The minimum absolute atomic E-state index is 0.794. The molecule has 0 fully saturated rings. The van der Waals surface area contributed by atoms with E-state index in [1.165, 1.54) is 5.56 Å². The average Bonchev–Trinajstić information content (AvgIpc) is 3.23. The highest BCUT2D eigenvalue weighted by Gasteiger charge is 2.13. The van der Waals surface area contributed by atoms with Crippen molar-refractivity contribution < 1.29 is 0 Å². The van der Waals surface area contributed by atoms with Gasteiger partial charge < -0.3 is 4.90 Å². The van der Waals surface area contributed by atoms with Gasteiger partial charge in [-0.05, 0) is 12.5 Å². The van der Waals surface area contributed by atoms with E-state index >= 15 is 0 Å². The van der Waals surface area contributed by atoms with Gasteiger partial charge in [0.25, 0.3) is 0 Å². The molecule has 0 bridgehead atoms. The van der Waals surface area contributed by atoms with Crippen molar-refractivity contribution in [2.24, 2.45) is 0 Å². The molecule has 0 atom stereocenters. The topological polar surface area (TPSA) is 62.1 Å². The van der Waals surface area contributed by atoms with Gasteiger partial charge in [0.2, 0.25) is 0 Å². The van der Waals surface area contributed by atoms with E-state index in [0.29, 0.717) is 0 Å². The first kappa shape index (κ1) is 14.4. The van der Waals surface area contributed by atoms with Gasteiger partial charge in [-0.1, -0.05) is 30.3 Å². The highest BCUT2D eigenvalue weighted by atomic mass is 15.3. The molecule has 6 nitrogen and oxygen atoms in total. The molecule has 1 N–H and O–H groups in total. The van der Waals surface area contributed by atoms with Crippen molar-refractivity contribution in [2.45, 2.75) is 13.5 Å². The summed E-state index contributed by atoms with van der Waals surface area (Å²) in [4.78, 5) is 6.90. The van der Waals surface area contributed by atoms with Crippen LogP contribution in [0.4, 0.5) is 5.82 Å². The van der Waals surface area contributed by atoms with Crippen molar-refractivity contribution in [1.82, 2.24) is 24.8 Å². The summed E-state index contributed by atoms with van der Waals surface area (Å²) in [5, 5.41) is 11.5. The third kappa shape index (κ3) is 2.62. The van der Waals surface area contributed by atoms with Crippen LogP contribution in [-0.4, -0.2) is 31.8 Å². The second-order valence-corrected chi connectivity index (χ2v) is 5.88. The summed E-state index contributed by atoms with van der Waals surface area (Å²) < 4.78 is 1.86. The molecular weight excluding hydrogens is 300 g/mol. The van der Waals surface area contributed by atoms with Crippen molar-refractivity contribution in [2.75, 3.05) is 11.9 Å². The molecule has 0 aliphatic heterocycles.